The van der Waals surface area contributed by atoms with Gasteiger partial charge < -0.3 is 15.0 Å². The Morgan fingerprint density at radius 1 is 1.50 bits per heavy atom. The number of hydrogen-bond donors (Lipinski definition) is 2. The van der Waals surface area contributed by atoms with Crippen LogP contribution in [0.2, 0.25) is 0 Å². The van der Waals surface area contributed by atoms with Crippen molar-refractivity contribution >= 4 is 17.6 Å². The van der Waals surface area contributed by atoms with Crippen LogP contribution in [0.15, 0.2) is 23.3 Å². The third-order valence-corrected chi connectivity index (χ3v) is 2.57. The molecule has 1 saturated heterocycles. The minimum atomic E-state index is -1.01. The summed E-state index contributed by atoms with van der Waals surface area (Å²) in [5.74, 6) is -2.07. The standard InChI is InChI=1S/C10H10N2O4/c13-8-1-2-11-4-7(8)12-5-6(10(15)16)3-9(12)14/h1-2,4,6H,3,5H2,(H,11,13)(H,15,16). The zero-order valence-electron chi connectivity index (χ0n) is 8.34. The Hall–Kier alpha value is -2.11. The number of amides is 1. The van der Waals surface area contributed by atoms with Gasteiger partial charge >= 0.3 is 5.97 Å². The maximum atomic E-state index is 11.6. The molecule has 1 aliphatic rings. The molecule has 0 spiro atoms. The highest BCUT2D eigenvalue weighted by Gasteiger charge is 2.35. The van der Waals surface area contributed by atoms with Gasteiger partial charge in [0.05, 0.1) is 5.92 Å². The van der Waals surface area contributed by atoms with E-state index in [9.17, 15) is 14.4 Å². The molecule has 0 saturated carbocycles. The molecule has 1 unspecified atom stereocenters. The Kier molecular flexibility index (Phi) is 2.47. The monoisotopic (exact) mass is 222 g/mol. The molecule has 1 aliphatic heterocycles. The summed E-state index contributed by atoms with van der Waals surface area (Å²) < 4.78 is 0. The minimum absolute atomic E-state index is 0.0519. The van der Waals surface area contributed by atoms with Crippen LogP contribution in [0.4, 0.5) is 5.69 Å². The number of aromatic nitrogens is 1. The minimum Gasteiger partial charge on any atom is -0.481 e. The molecule has 6 heteroatoms. The third kappa shape index (κ3) is 1.69. The van der Waals surface area contributed by atoms with Gasteiger partial charge in [0.25, 0.3) is 0 Å². The van der Waals surface area contributed by atoms with Crippen LogP contribution in [0.3, 0.4) is 0 Å². The van der Waals surface area contributed by atoms with Crippen molar-refractivity contribution in [1.82, 2.24) is 4.98 Å². The number of nitrogens with zero attached hydrogens (tertiary/aromatic N) is 1. The lowest BCUT2D eigenvalue weighted by atomic mass is 10.1. The van der Waals surface area contributed by atoms with Crippen molar-refractivity contribution in [2.24, 2.45) is 5.92 Å². The van der Waals surface area contributed by atoms with Crippen LogP contribution in [0.25, 0.3) is 0 Å². The van der Waals surface area contributed by atoms with Crippen molar-refractivity contribution in [3.05, 3.63) is 28.7 Å². The number of carboxylic acids is 1. The number of nitrogens with one attached hydrogen (secondary N) is 1. The number of anilines is 1. The van der Waals surface area contributed by atoms with Gasteiger partial charge in [-0.2, -0.15) is 0 Å². The zero-order valence-corrected chi connectivity index (χ0v) is 8.34. The molecule has 16 heavy (non-hydrogen) atoms. The summed E-state index contributed by atoms with van der Waals surface area (Å²) >= 11 is 0. The van der Waals surface area contributed by atoms with E-state index in [1.54, 1.807) is 0 Å². The lowest BCUT2D eigenvalue weighted by Crippen LogP contribution is -2.30. The molecule has 2 rings (SSSR count). The first-order chi connectivity index (χ1) is 7.59. The molecule has 0 aromatic carbocycles. The first kappa shape index (κ1) is 10.4. The summed E-state index contributed by atoms with van der Waals surface area (Å²) in [4.78, 5) is 37.7. The van der Waals surface area contributed by atoms with E-state index in [1.165, 1.54) is 23.4 Å². The van der Waals surface area contributed by atoms with E-state index < -0.39 is 11.9 Å². The van der Waals surface area contributed by atoms with Crippen LogP contribution < -0.4 is 10.3 Å². The first-order valence-corrected chi connectivity index (χ1v) is 4.80. The van der Waals surface area contributed by atoms with Crippen LogP contribution in [-0.4, -0.2) is 28.5 Å². The van der Waals surface area contributed by atoms with E-state index in [1.807, 2.05) is 0 Å². The summed E-state index contributed by atoms with van der Waals surface area (Å²) in [5, 5.41) is 8.80. The Labute approximate surface area is 90.5 Å². The number of pyridine rings is 1. The van der Waals surface area contributed by atoms with Crippen molar-refractivity contribution in [1.29, 1.82) is 0 Å². The van der Waals surface area contributed by atoms with Crippen LogP contribution in [0, 0.1) is 5.92 Å². The molecule has 0 radical (unpaired) electrons. The molecule has 84 valence electrons. The molecule has 6 nitrogen and oxygen atoms in total. The number of rotatable bonds is 2. The predicted octanol–water partition coefficient (Wildman–Crippen LogP) is -0.188. The number of aliphatic carboxylic acids is 1. The quantitative estimate of drug-likeness (QED) is 0.725. The molecule has 1 amide bonds. The molecule has 1 atom stereocenters. The van der Waals surface area contributed by atoms with Gasteiger partial charge in [0.15, 0.2) is 0 Å². The van der Waals surface area contributed by atoms with Crippen molar-refractivity contribution in [3.63, 3.8) is 0 Å². The fraction of sp³-hybridized carbons (Fsp3) is 0.300. The summed E-state index contributed by atoms with van der Waals surface area (Å²) in [6.45, 7) is 0.0568. The van der Waals surface area contributed by atoms with Gasteiger partial charge in [0.2, 0.25) is 11.3 Å². The Bertz CT molecular complexity index is 494. The topological polar surface area (TPSA) is 90.5 Å². The molecular formula is C10H10N2O4. The molecule has 1 aromatic heterocycles. The average molecular weight is 222 g/mol. The van der Waals surface area contributed by atoms with Crippen molar-refractivity contribution < 1.29 is 14.7 Å². The highest BCUT2D eigenvalue weighted by molar-refractivity contribution is 5.98. The number of hydrogen-bond acceptors (Lipinski definition) is 3. The van der Waals surface area contributed by atoms with E-state index in [0.717, 1.165) is 0 Å². The van der Waals surface area contributed by atoms with E-state index in [-0.39, 0.29) is 30.0 Å². The zero-order chi connectivity index (χ0) is 11.7. The number of carboxylic acid groups (broad SMARTS) is 1. The van der Waals surface area contributed by atoms with Crippen LogP contribution >= 0.6 is 0 Å². The Balaban J connectivity index is 2.30. The molecule has 1 fully saturated rings. The second kappa shape index (κ2) is 3.80. The maximum Gasteiger partial charge on any atom is 0.308 e. The normalized spacial score (nSPS) is 20.1. The fourth-order valence-electron chi connectivity index (χ4n) is 1.72. The summed E-state index contributed by atoms with van der Waals surface area (Å²) in [5.41, 5.74) is -0.0885. The molecule has 0 bridgehead atoms. The van der Waals surface area contributed by atoms with Crippen molar-refractivity contribution in [2.75, 3.05) is 11.4 Å². The van der Waals surface area contributed by atoms with E-state index in [2.05, 4.69) is 4.98 Å². The van der Waals surface area contributed by atoms with Gasteiger partial charge in [-0.1, -0.05) is 0 Å². The van der Waals surface area contributed by atoms with E-state index in [4.69, 9.17) is 5.11 Å². The third-order valence-electron chi connectivity index (χ3n) is 2.57. The summed E-state index contributed by atoms with van der Waals surface area (Å²) in [6, 6.07) is 1.30. The molecule has 0 aliphatic carbocycles. The van der Waals surface area contributed by atoms with Gasteiger partial charge in [-0.15, -0.1) is 0 Å². The van der Waals surface area contributed by atoms with Crippen molar-refractivity contribution in [3.8, 4) is 0 Å². The number of aromatic amines is 1. The first-order valence-electron chi connectivity index (χ1n) is 4.80. The van der Waals surface area contributed by atoms with Gasteiger partial charge in [-0.3, -0.25) is 14.4 Å². The van der Waals surface area contributed by atoms with Gasteiger partial charge in [0, 0.05) is 31.4 Å². The van der Waals surface area contributed by atoms with Crippen molar-refractivity contribution in [2.45, 2.75) is 6.42 Å². The summed E-state index contributed by atoms with van der Waals surface area (Å²) in [6.07, 6.45) is 2.81. The number of H-pyrrole nitrogens is 1. The predicted molar refractivity (Wildman–Crippen MR) is 55.2 cm³/mol. The average Bonchev–Trinajstić information content (AvgIpc) is 2.61. The second-order valence-corrected chi connectivity index (χ2v) is 3.64. The van der Waals surface area contributed by atoms with E-state index in [0.29, 0.717) is 0 Å². The maximum absolute atomic E-state index is 11.6. The second-order valence-electron chi connectivity index (χ2n) is 3.64. The molecular weight excluding hydrogens is 212 g/mol. The lowest BCUT2D eigenvalue weighted by molar-refractivity contribution is -0.141. The van der Waals surface area contributed by atoms with Crippen LogP contribution in [-0.2, 0) is 9.59 Å². The fourth-order valence-corrected chi connectivity index (χ4v) is 1.72. The van der Waals surface area contributed by atoms with Gasteiger partial charge in [-0.05, 0) is 0 Å². The molecule has 1 aromatic rings. The molecule has 2 N–H and O–H groups in total. The van der Waals surface area contributed by atoms with Gasteiger partial charge in [-0.25, -0.2) is 0 Å². The largest absolute Gasteiger partial charge is 0.481 e. The molecule has 2 heterocycles. The highest BCUT2D eigenvalue weighted by atomic mass is 16.4. The SMILES string of the molecule is O=C(O)C1CC(=O)N(c2c[nH]ccc2=O)C1. The number of carbonyl (C=O) groups excluding carboxylic acids is 1. The van der Waals surface area contributed by atoms with E-state index >= 15 is 0 Å². The Morgan fingerprint density at radius 2 is 2.25 bits per heavy atom. The van der Waals surface area contributed by atoms with Gasteiger partial charge in [0.1, 0.15) is 5.69 Å². The smallest absolute Gasteiger partial charge is 0.308 e. The Morgan fingerprint density at radius 3 is 2.81 bits per heavy atom. The lowest BCUT2D eigenvalue weighted by Gasteiger charge is -2.14. The van der Waals surface area contributed by atoms with Crippen LogP contribution in [0.1, 0.15) is 6.42 Å². The highest BCUT2D eigenvalue weighted by Crippen LogP contribution is 2.21. The van der Waals surface area contributed by atoms with Crippen LogP contribution in [0.5, 0.6) is 0 Å². The summed E-state index contributed by atoms with van der Waals surface area (Å²) in [7, 11) is 0. The number of carbonyl (C=O) groups is 2.